The summed E-state index contributed by atoms with van der Waals surface area (Å²) >= 11 is 0. The molecule has 0 amide bonds. The molecule has 0 aromatic carbocycles. The fourth-order valence-electron chi connectivity index (χ4n) is 8.14. The zero-order valence-corrected chi connectivity index (χ0v) is 19.4. The van der Waals surface area contributed by atoms with Crippen LogP contribution in [0.25, 0.3) is 0 Å². The Morgan fingerprint density at radius 3 is 2.63 bits per heavy atom. The number of carbonyl (C=O) groups is 2. The molecule has 0 saturated heterocycles. The first kappa shape index (κ1) is 21.9. The van der Waals surface area contributed by atoms with Crippen LogP contribution in [0.3, 0.4) is 0 Å². The molecule has 4 aliphatic rings. The van der Waals surface area contributed by atoms with Crippen LogP contribution in [0.15, 0.2) is 11.6 Å². The summed E-state index contributed by atoms with van der Waals surface area (Å²) in [5, 5.41) is 0. The minimum atomic E-state index is -0.143. The molecular formula is C26H40O4. The summed E-state index contributed by atoms with van der Waals surface area (Å²) in [6.45, 7) is 6.59. The first-order valence-corrected chi connectivity index (χ1v) is 12.2. The first-order valence-electron chi connectivity index (χ1n) is 12.2. The van der Waals surface area contributed by atoms with Crippen molar-refractivity contribution < 1.29 is 19.1 Å². The largest absolute Gasteiger partial charge is 0.469 e. The van der Waals surface area contributed by atoms with Gasteiger partial charge >= 0.3 is 11.9 Å². The molecule has 0 N–H and O–H groups in total. The molecule has 168 valence electrons. The van der Waals surface area contributed by atoms with Gasteiger partial charge in [-0.3, -0.25) is 9.59 Å². The summed E-state index contributed by atoms with van der Waals surface area (Å²) in [5.41, 5.74) is 2.30. The highest BCUT2D eigenvalue weighted by Gasteiger charge is 2.58. The molecule has 0 aliphatic heterocycles. The van der Waals surface area contributed by atoms with E-state index in [4.69, 9.17) is 9.47 Å². The van der Waals surface area contributed by atoms with Gasteiger partial charge in [-0.15, -0.1) is 0 Å². The highest BCUT2D eigenvalue weighted by Crippen LogP contribution is 2.66. The minimum absolute atomic E-state index is 0.0689. The third-order valence-corrected chi connectivity index (χ3v) is 9.75. The number of carbonyl (C=O) groups excluding carboxylic acids is 2. The number of ether oxygens (including phenoxy) is 2. The number of esters is 2. The molecular weight excluding hydrogens is 376 g/mol. The summed E-state index contributed by atoms with van der Waals surface area (Å²) in [5.74, 6) is 2.94. The number of fused-ring (bicyclic) bond motifs is 5. The number of rotatable bonds is 5. The van der Waals surface area contributed by atoms with Gasteiger partial charge in [-0.1, -0.05) is 25.5 Å². The second-order valence-electron chi connectivity index (χ2n) is 11.0. The fourth-order valence-corrected chi connectivity index (χ4v) is 8.14. The SMILES string of the molecule is COC(=O)CCC[C@H]1CCC2C3CC=C4C[C@@H](OC(C)=O)CC[C@]4(C)C3CC[C@@]21C. The van der Waals surface area contributed by atoms with Crippen molar-refractivity contribution in [3.8, 4) is 0 Å². The van der Waals surface area contributed by atoms with E-state index in [1.165, 1.54) is 52.6 Å². The van der Waals surface area contributed by atoms with Gasteiger partial charge in [-0.25, -0.2) is 0 Å². The molecule has 3 unspecified atom stereocenters. The van der Waals surface area contributed by atoms with Crippen LogP contribution >= 0.6 is 0 Å². The molecule has 0 bridgehead atoms. The summed E-state index contributed by atoms with van der Waals surface area (Å²) < 4.78 is 10.4. The van der Waals surface area contributed by atoms with Crippen molar-refractivity contribution in [1.29, 1.82) is 0 Å². The average Bonchev–Trinajstić information content (AvgIpc) is 3.04. The van der Waals surface area contributed by atoms with E-state index in [1.807, 2.05) is 0 Å². The van der Waals surface area contributed by atoms with Crippen molar-refractivity contribution in [2.45, 2.75) is 97.5 Å². The zero-order valence-electron chi connectivity index (χ0n) is 19.4. The Kier molecular flexibility index (Phi) is 6.07. The Morgan fingerprint density at radius 2 is 1.90 bits per heavy atom. The maximum absolute atomic E-state index is 11.5. The molecule has 0 aromatic heterocycles. The topological polar surface area (TPSA) is 52.6 Å². The van der Waals surface area contributed by atoms with Gasteiger partial charge in [0.25, 0.3) is 0 Å². The molecule has 3 saturated carbocycles. The van der Waals surface area contributed by atoms with Crippen molar-refractivity contribution in [2.75, 3.05) is 7.11 Å². The molecule has 4 rings (SSSR count). The third kappa shape index (κ3) is 3.73. The first-order chi connectivity index (χ1) is 14.3. The molecule has 4 heteroatoms. The van der Waals surface area contributed by atoms with E-state index in [-0.39, 0.29) is 18.0 Å². The van der Waals surface area contributed by atoms with E-state index in [1.54, 1.807) is 5.57 Å². The van der Waals surface area contributed by atoms with Crippen molar-refractivity contribution in [3.05, 3.63) is 11.6 Å². The molecule has 0 radical (unpaired) electrons. The molecule has 30 heavy (non-hydrogen) atoms. The van der Waals surface area contributed by atoms with Gasteiger partial charge in [0.05, 0.1) is 7.11 Å². The lowest BCUT2D eigenvalue weighted by Gasteiger charge is -2.58. The van der Waals surface area contributed by atoms with Crippen LogP contribution in [0.2, 0.25) is 0 Å². The van der Waals surface area contributed by atoms with Crippen molar-refractivity contribution in [2.24, 2.45) is 34.5 Å². The van der Waals surface area contributed by atoms with Crippen molar-refractivity contribution in [1.82, 2.24) is 0 Å². The molecule has 4 nitrogen and oxygen atoms in total. The predicted octanol–water partition coefficient (Wildman–Crippen LogP) is 5.84. The Balaban J connectivity index is 1.45. The van der Waals surface area contributed by atoms with E-state index >= 15 is 0 Å². The number of hydrogen-bond acceptors (Lipinski definition) is 4. The van der Waals surface area contributed by atoms with E-state index < -0.39 is 0 Å². The van der Waals surface area contributed by atoms with Crippen LogP contribution in [0, 0.1) is 34.5 Å². The highest BCUT2D eigenvalue weighted by atomic mass is 16.5. The zero-order chi connectivity index (χ0) is 21.5. The minimum Gasteiger partial charge on any atom is -0.469 e. The van der Waals surface area contributed by atoms with E-state index in [2.05, 4.69) is 19.9 Å². The monoisotopic (exact) mass is 416 g/mol. The van der Waals surface area contributed by atoms with Crippen molar-refractivity contribution in [3.63, 3.8) is 0 Å². The number of hydrogen-bond donors (Lipinski definition) is 0. The van der Waals surface area contributed by atoms with Crippen LogP contribution in [0.4, 0.5) is 0 Å². The summed E-state index contributed by atoms with van der Waals surface area (Å²) in [7, 11) is 1.49. The molecule has 0 aromatic rings. The second kappa shape index (κ2) is 8.31. The molecule has 3 fully saturated rings. The number of methoxy groups -OCH3 is 1. The fraction of sp³-hybridized carbons (Fsp3) is 0.846. The maximum atomic E-state index is 11.5. The predicted molar refractivity (Wildman–Crippen MR) is 117 cm³/mol. The molecule has 0 spiro atoms. The third-order valence-electron chi connectivity index (χ3n) is 9.75. The summed E-state index contributed by atoms with van der Waals surface area (Å²) in [4.78, 5) is 23.0. The van der Waals surface area contributed by atoms with E-state index in [0.717, 1.165) is 49.4 Å². The molecule has 0 heterocycles. The van der Waals surface area contributed by atoms with Gasteiger partial charge in [0.2, 0.25) is 0 Å². The lowest BCUT2D eigenvalue weighted by atomic mass is 9.47. The van der Waals surface area contributed by atoms with Gasteiger partial charge in [-0.05, 0) is 92.3 Å². The van der Waals surface area contributed by atoms with E-state index in [0.29, 0.717) is 17.3 Å². The van der Waals surface area contributed by atoms with Gasteiger partial charge in [0.15, 0.2) is 0 Å². The van der Waals surface area contributed by atoms with Crippen molar-refractivity contribution >= 4 is 11.9 Å². The standard InChI is InChI=1S/C26H40O4/c1-17(27)30-20-12-14-26(3)19(16-20)8-10-21-22-11-9-18(6-5-7-24(28)29-4)25(22,2)15-13-23(21)26/h8,18,20-23H,5-7,9-16H2,1-4H3/t18-,20-,21?,22?,23?,25+,26-/m0/s1. The second-order valence-corrected chi connectivity index (χ2v) is 11.0. The average molecular weight is 417 g/mol. The Bertz CT molecular complexity index is 712. The quantitative estimate of drug-likeness (QED) is 0.417. The lowest BCUT2D eigenvalue weighted by Crippen LogP contribution is -2.50. The van der Waals surface area contributed by atoms with Gasteiger partial charge < -0.3 is 9.47 Å². The summed E-state index contributed by atoms with van der Waals surface area (Å²) in [6, 6.07) is 0. The Labute approximate surface area is 182 Å². The van der Waals surface area contributed by atoms with Crippen LogP contribution in [-0.2, 0) is 19.1 Å². The highest BCUT2D eigenvalue weighted by molar-refractivity contribution is 5.69. The smallest absolute Gasteiger partial charge is 0.305 e. The summed E-state index contributed by atoms with van der Waals surface area (Å²) in [6.07, 6.45) is 15.0. The molecule has 4 aliphatic carbocycles. The van der Waals surface area contributed by atoms with Gasteiger partial charge in [-0.2, -0.15) is 0 Å². The Morgan fingerprint density at radius 1 is 1.10 bits per heavy atom. The normalized spacial score (nSPS) is 42.4. The number of allylic oxidation sites excluding steroid dienone is 1. The Hall–Kier alpha value is -1.32. The maximum Gasteiger partial charge on any atom is 0.305 e. The molecule has 7 atom stereocenters. The van der Waals surface area contributed by atoms with Crippen LogP contribution < -0.4 is 0 Å². The van der Waals surface area contributed by atoms with E-state index in [9.17, 15) is 9.59 Å². The van der Waals surface area contributed by atoms with Gasteiger partial charge in [0, 0.05) is 19.8 Å². The van der Waals surface area contributed by atoms with Crippen LogP contribution in [-0.4, -0.2) is 25.2 Å². The van der Waals surface area contributed by atoms with Crippen LogP contribution in [0.5, 0.6) is 0 Å². The lowest BCUT2D eigenvalue weighted by molar-refractivity contribution is -0.148. The van der Waals surface area contributed by atoms with Crippen LogP contribution in [0.1, 0.15) is 91.4 Å². The van der Waals surface area contributed by atoms with Gasteiger partial charge in [0.1, 0.15) is 6.10 Å².